The molecule has 6 heterocycles. The van der Waals surface area contributed by atoms with Gasteiger partial charge in [0, 0.05) is 46.3 Å². The van der Waals surface area contributed by atoms with Crippen molar-refractivity contribution in [3.8, 4) is 0 Å². The molecule has 3 N–H and O–H groups in total. The summed E-state index contributed by atoms with van der Waals surface area (Å²) in [6, 6.07) is 8.13. The largest absolute Gasteiger partial charge is 0.360 e. The van der Waals surface area contributed by atoms with Crippen LogP contribution in [0.3, 0.4) is 0 Å². The van der Waals surface area contributed by atoms with Gasteiger partial charge in [-0.25, -0.2) is 13.2 Å². The first kappa shape index (κ1) is 50.8. The Kier molecular flexibility index (Phi) is 13.8. The van der Waals surface area contributed by atoms with Gasteiger partial charge >= 0.3 is 0 Å². The Morgan fingerprint density at radius 1 is 0.511 bits per heavy atom. The lowest BCUT2D eigenvalue weighted by Crippen LogP contribution is -2.55. The molecular formula is C63H54F3N15O6S3. The van der Waals surface area contributed by atoms with Gasteiger partial charge in [0.2, 0.25) is 0 Å². The first-order chi connectivity index (χ1) is 47.0. The van der Waals surface area contributed by atoms with Crippen molar-refractivity contribution in [2.24, 2.45) is 0 Å². The van der Waals surface area contributed by atoms with E-state index in [1.54, 1.807) is 54.5 Å². The van der Waals surface area contributed by atoms with Crippen LogP contribution in [-0.2, 0) is 14.4 Å². The minimum absolute atomic E-state index is 0.000514. The zero-order valence-corrected chi connectivity index (χ0v) is 50.3. The van der Waals surface area contributed by atoms with Crippen LogP contribution in [0, 0.1) is 57.9 Å². The number of halogens is 3. The number of thiocarbonyl (C=S) groups is 3. The van der Waals surface area contributed by atoms with E-state index in [4.69, 9.17) is 70.1 Å². The molecule has 6 amide bonds. The fraction of sp³-hybridized carbons (Fsp3) is 0.286. The Labute approximate surface area is 545 Å². The van der Waals surface area contributed by atoms with Crippen LogP contribution < -0.4 is 45.3 Å². The number of anilines is 6. The number of rotatable bonds is 9. The SMILES string of the molecule is [2H]C([2H])([2H])NC(=O)c1ccc(N2C(=S)N(c3cnc([N+]#[C-])c(C)c3)C(=O)C23CCC3)cc1F.[2H]c1cc(C(=O)NC([2H])([2H])[2H])c(F)c([2H])c1N1C(=S)N(c2cnc([N+]#[C-])c(C)c2)C(=O)C12CCC2.[2H]c1cc(C(=O)NC)c(F)c([2H])c1N1C(=S)N(c2cnc([N+]#[C-])c(C)c2)C(=O)C12CCC2. The first-order valence-corrected chi connectivity index (χ1v) is 28.6. The van der Waals surface area contributed by atoms with Gasteiger partial charge in [0.25, 0.3) is 52.9 Å². The lowest BCUT2D eigenvalue weighted by molar-refractivity contribution is -0.124. The highest BCUT2D eigenvalue weighted by molar-refractivity contribution is 7.81. The van der Waals surface area contributed by atoms with E-state index in [-0.39, 0.29) is 67.7 Å². The van der Waals surface area contributed by atoms with Crippen LogP contribution in [0.15, 0.2) is 91.3 Å². The van der Waals surface area contributed by atoms with Crippen molar-refractivity contribution < 1.29 is 55.6 Å². The van der Waals surface area contributed by atoms with E-state index in [0.29, 0.717) is 78.7 Å². The van der Waals surface area contributed by atoms with Crippen molar-refractivity contribution >= 4 is 139 Å². The fourth-order valence-electron chi connectivity index (χ4n) is 11.4. The Bertz CT molecular complexity index is 4750. The molecule has 12 rings (SSSR count). The third-order valence-electron chi connectivity index (χ3n) is 16.5. The second-order valence-corrected chi connectivity index (χ2v) is 22.5. The first-order valence-electron chi connectivity index (χ1n) is 32.3. The van der Waals surface area contributed by atoms with Crippen LogP contribution in [-0.4, -0.2) is 103 Å². The van der Waals surface area contributed by atoms with Crippen LogP contribution in [0.4, 0.5) is 64.7 Å². The summed E-state index contributed by atoms with van der Waals surface area (Å²) < 4.78 is 121. The fourth-order valence-corrected chi connectivity index (χ4v) is 12.8. The second kappa shape index (κ2) is 24.4. The molecule has 0 atom stereocenters. The second-order valence-electron chi connectivity index (χ2n) is 21.4. The zero-order valence-electron chi connectivity index (χ0n) is 57.9. The maximum atomic E-state index is 15.2. The number of aryl methyl sites for hydroxylation is 3. The molecule has 6 aromatic rings. The molecule has 90 heavy (non-hydrogen) atoms. The Morgan fingerprint density at radius 3 is 1.11 bits per heavy atom. The van der Waals surface area contributed by atoms with Crippen molar-refractivity contribution in [1.82, 2.24) is 30.9 Å². The third-order valence-corrected chi connectivity index (χ3v) is 17.6. The molecule has 3 aliphatic heterocycles. The third kappa shape index (κ3) is 10.2. The van der Waals surface area contributed by atoms with Crippen LogP contribution in [0.25, 0.3) is 14.5 Å². The summed E-state index contributed by atoms with van der Waals surface area (Å²) in [5, 5.41) is 5.73. The van der Waals surface area contributed by atoms with E-state index >= 15 is 4.39 Å². The average Bonchev–Trinajstić information content (AvgIpc) is 1.55. The highest BCUT2D eigenvalue weighted by Gasteiger charge is 2.62. The predicted molar refractivity (Wildman–Crippen MR) is 343 cm³/mol. The van der Waals surface area contributed by atoms with Gasteiger partial charge in [-0.3, -0.25) is 43.5 Å². The molecule has 6 fully saturated rings. The number of hydrogen-bond acceptors (Lipinski definition) is 12. The highest BCUT2D eigenvalue weighted by atomic mass is 32.1. The number of carbonyl (C=O) groups is 6. The Balaban J connectivity index is 0.000000162. The van der Waals surface area contributed by atoms with E-state index in [0.717, 1.165) is 31.0 Å². The van der Waals surface area contributed by atoms with E-state index in [2.05, 4.69) is 34.8 Å². The molecule has 0 unspecified atom stereocenters. The van der Waals surface area contributed by atoms with Crippen molar-refractivity contribution in [3.05, 3.63) is 176 Å². The van der Waals surface area contributed by atoms with Gasteiger partial charge in [-0.1, -0.05) is 19.7 Å². The standard InChI is InChI=1S/3C21H18FN5O2S/c3*1-12-9-14(11-25-17(12)23-2)26-19(29)21(7-4-8-21)27(20(26)30)13-5-6-15(16(22)10-13)18(28)24-3/h3*5-6,9-11H,4,7-8H2,1,3H3,(H,24,28)/i3D3,5D,10D;5D,10D;3D3. The van der Waals surface area contributed by atoms with E-state index in [1.165, 1.54) is 62.3 Å². The van der Waals surface area contributed by atoms with Crippen molar-refractivity contribution in [2.45, 2.75) is 95.2 Å². The van der Waals surface area contributed by atoms with Crippen LogP contribution in [0.2, 0.25) is 0 Å². The normalized spacial score (nSPS) is 19.0. The number of pyridine rings is 3. The monoisotopic (exact) mass is 1280 g/mol. The molecule has 3 aromatic carbocycles. The molecule has 3 spiro atoms. The molecule has 3 aliphatic carbocycles. The van der Waals surface area contributed by atoms with Gasteiger partial charge in [-0.2, -0.15) is 0 Å². The number of hydrogen-bond donors (Lipinski definition) is 3. The molecular weight excluding hydrogens is 1220 g/mol. The minimum atomic E-state index is -2.89. The summed E-state index contributed by atoms with van der Waals surface area (Å²) in [5.41, 5.74) is -2.38. The number of carbonyl (C=O) groups excluding carboxylic acids is 6. The van der Waals surface area contributed by atoms with Gasteiger partial charge in [-0.15, -0.1) is 15.0 Å². The maximum absolute atomic E-state index is 15.2. The molecule has 27 heteroatoms. The summed E-state index contributed by atoms with van der Waals surface area (Å²) in [7, 11) is 1.33. The Hall–Kier alpha value is -10.1. The number of nitrogens with zero attached hydrogens (tertiary/aromatic N) is 12. The summed E-state index contributed by atoms with van der Waals surface area (Å²) >= 11 is 16.8. The number of aromatic nitrogens is 3. The number of benzene rings is 3. The quantitative estimate of drug-likeness (QED) is 0.0908. The molecule has 3 saturated carbocycles. The van der Waals surface area contributed by atoms with Gasteiger partial charge in [0.1, 0.15) is 52.7 Å². The topological polar surface area (TPSA) is 210 Å². The summed E-state index contributed by atoms with van der Waals surface area (Å²) in [6.07, 6.45) is 8.84. The van der Waals surface area contributed by atoms with Gasteiger partial charge < -0.3 is 45.2 Å². The maximum Gasteiger partial charge on any atom is 0.272 e. The van der Waals surface area contributed by atoms with Crippen LogP contribution in [0.5, 0.6) is 0 Å². The highest BCUT2D eigenvalue weighted by Crippen LogP contribution is 2.51. The molecule has 3 saturated heterocycles. The summed E-state index contributed by atoms with van der Waals surface area (Å²) in [5.74, 6) is -6.91. The Morgan fingerprint density at radius 2 is 0.833 bits per heavy atom. The van der Waals surface area contributed by atoms with E-state index in [1.807, 2.05) is 0 Å². The molecule has 0 bridgehead atoms. The van der Waals surface area contributed by atoms with E-state index in [9.17, 15) is 37.5 Å². The number of amides is 6. The molecule has 3 aromatic heterocycles. The van der Waals surface area contributed by atoms with Crippen molar-refractivity contribution in [2.75, 3.05) is 50.4 Å². The minimum Gasteiger partial charge on any atom is -0.360 e. The van der Waals surface area contributed by atoms with Crippen molar-refractivity contribution in [3.63, 3.8) is 0 Å². The van der Waals surface area contributed by atoms with Gasteiger partial charge in [0.05, 0.1) is 39.2 Å². The van der Waals surface area contributed by atoms with Gasteiger partial charge in [0.15, 0.2) is 15.3 Å². The molecule has 21 nitrogen and oxygen atoms in total. The molecule has 456 valence electrons. The van der Waals surface area contributed by atoms with Crippen molar-refractivity contribution in [1.29, 1.82) is 0 Å². The average molecular weight is 1280 g/mol. The smallest absolute Gasteiger partial charge is 0.272 e. The lowest BCUT2D eigenvalue weighted by atomic mass is 9.75. The lowest BCUT2D eigenvalue weighted by Gasteiger charge is -2.43. The van der Waals surface area contributed by atoms with Crippen LogP contribution in [0.1, 0.15) is 119 Å². The van der Waals surface area contributed by atoms with Crippen LogP contribution >= 0.6 is 36.7 Å². The van der Waals surface area contributed by atoms with E-state index < -0.39 is 106 Å². The van der Waals surface area contributed by atoms with Gasteiger partial charge in [-0.05, 0) is 205 Å². The molecule has 6 aliphatic rings. The number of nitrogens with one attached hydrogen (secondary N) is 3. The zero-order chi connectivity index (χ0) is 73.4. The molecule has 0 radical (unpaired) electrons. The summed E-state index contributed by atoms with van der Waals surface area (Å²) in [6.45, 7) is 20.9. The predicted octanol–water partition coefficient (Wildman–Crippen LogP) is 10.5. The summed E-state index contributed by atoms with van der Waals surface area (Å²) in [4.78, 5) is 107.